The molecule has 0 saturated heterocycles. The van der Waals surface area contributed by atoms with Gasteiger partial charge in [-0.2, -0.15) is 0 Å². The Morgan fingerprint density at radius 3 is 1.86 bits per heavy atom. The molecule has 4 nitrogen and oxygen atoms in total. The molecule has 6 heteroatoms. The van der Waals surface area contributed by atoms with Crippen molar-refractivity contribution in [3.05, 3.63) is 0 Å². The topological polar surface area (TPSA) is 44.8 Å². The molecule has 0 radical (unpaired) electrons. The smallest absolute Gasteiger partial charge is 0.374 e. The normalized spacial score (nSPS) is 11.6. The third-order valence-electron chi connectivity index (χ3n) is 3.07. The molecule has 0 bridgehead atoms. The molecule has 0 N–H and O–H groups in total. The number of unbranched alkanes of at least 4 members (excludes halogenated alkanes) is 2. The molecule has 124 valence electrons. The van der Waals surface area contributed by atoms with Crippen molar-refractivity contribution < 1.29 is 18.1 Å². The second-order valence-corrected chi connectivity index (χ2v) is 8.01. The monoisotopic (exact) mass is 334 g/mol. The lowest BCUT2D eigenvalue weighted by Crippen LogP contribution is -2.46. The van der Waals surface area contributed by atoms with Gasteiger partial charge in [0.25, 0.3) is 0 Å². The Kier molecular flexibility index (Phi) is 12.3. The van der Waals surface area contributed by atoms with Crippen LogP contribution in [0.15, 0.2) is 0 Å². The lowest BCUT2D eigenvalue weighted by atomic mass is 10.1. The van der Waals surface area contributed by atoms with Gasteiger partial charge in [-0.1, -0.05) is 32.0 Å². The van der Waals surface area contributed by atoms with Crippen molar-refractivity contribution in [2.75, 3.05) is 19.8 Å². The zero-order chi connectivity index (χ0) is 16.1. The van der Waals surface area contributed by atoms with Crippen molar-refractivity contribution in [1.82, 2.24) is 0 Å². The zero-order valence-corrected chi connectivity index (χ0v) is 15.7. The molecule has 0 aromatic rings. The van der Waals surface area contributed by atoms with Crippen LogP contribution in [0.2, 0.25) is 6.04 Å². The van der Waals surface area contributed by atoms with E-state index in [0.717, 1.165) is 19.3 Å². The molecule has 0 atom stereocenters. The van der Waals surface area contributed by atoms with Gasteiger partial charge in [0.05, 0.1) is 4.86 Å². The minimum Gasteiger partial charge on any atom is -0.374 e. The van der Waals surface area contributed by atoms with E-state index in [1.165, 1.54) is 0 Å². The molecule has 0 aliphatic rings. The highest BCUT2D eigenvalue weighted by atomic mass is 32.1. The minimum absolute atomic E-state index is 0.0887. The third-order valence-corrected chi connectivity index (χ3v) is 6.55. The molecule has 0 aliphatic heterocycles. The van der Waals surface area contributed by atoms with Gasteiger partial charge in [0.2, 0.25) is 0 Å². The summed E-state index contributed by atoms with van der Waals surface area (Å²) in [4.78, 5) is 12.5. The second kappa shape index (κ2) is 12.4. The van der Waals surface area contributed by atoms with Crippen LogP contribution in [0.4, 0.5) is 0 Å². The number of hydrogen-bond acceptors (Lipinski definition) is 5. The Hall–Kier alpha value is -0.143. The summed E-state index contributed by atoms with van der Waals surface area (Å²) in [6.07, 6.45) is 4.17. The molecule has 21 heavy (non-hydrogen) atoms. The predicted octanol–water partition coefficient (Wildman–Crippen LogP) is 3.94. The van der Waals surface area contributed by atoms with E-state index in [0.29, 0.717) is 43.6 Å². The van der Waals surface area contributed by atoms with E-state index in [9.17, 15) is 4.79 Å². The first-order chi connectivity index (χ1) is 10.0. The summed E-state index contributed by atoms with van der Waals surface area (Å²) in [5.41, 5.74) is 0. The van der Waals surface area contributed by atoms with Gasteiger partial charge < -0.3 is 13.3 Å². The van der Waals surface area contributed by atoms with Crippen LogP contribution >= 0.6 is 12.2 Å². The summed E-state index contributed by atoms with van der Waals surface area (Å²) in [5, 5.41) is 0. The minimum atomic E-state index is -2.68. The number of thiocarbonyl (C=S) groups is 1. The fourth-order valence-corrected chi connectivity index (χ4v) is 5.03. The van der Waals surface area contributed by atoms with Crippen LogP contribution < -0.4 is 0 Å². The molecular formula is C15H30O4SSi. The summed E-state index contributed by atoms with van der Waals surface area (Å²) >= 11 is 5.25. The van der Waals surface area contributed by atoms with Crippen molar-refractivity contribution in [2.24, 2.45) is 0 Å². The first-order valence-corrected chi connectivity index (χ1v) is 10.4. The van der Waals surface area contributed by atoms with E-state index in [1.54, 1.807) is 0 Å². The van der Waals surface area contributed by atoms with Crippen molar-refractivity contribution in [3.63, 3.8) is 0 Å². The van der Waals surface area contributed by atoms with Crippen LogP contribution in [0.25, 0.3) is 0 Å². The largest absolute Gasteiger partial charge is 0.501 e. The SMILES string of the molecule is CCCCCC(=O)C(=S)CC[Si](OCC)(OCC)OCC. The number of Topliss-reactive ketones (excluding diaryl/α,β-unsaturated/α-hetero) is 1. The average Bonchev–Trinajstić information content (AvgIpc) is 2.46. The maximum atomic E-state index is 12.0. The number of carbonyl (C=O) groups excluding carboxylic acids is 1. The van der Waals surface area contributed by atoms with E-state index in [1.807, 2.05) is 20.8 Å². The fourth-order valence-electron chi connectivity index (χ4n) is 2.08. The summed E-state index contributed by atoms with van der Waals surface area (Å²) < 4.78 is 17.3. The maximum absolute atomic E-state index is 12.0. The first-order valence-electron chi connectivity index (χ1n) is 8.03. The average molecular weight is 335 g/mol. The summed E-state index contributed by atoms with van der Waals surface area (Å²) in [6, 6.07) is 0.584. The lowest BCUT2D eigenvalue weighted by molar-refractivity contribution is -0.113. The number of carbonyl (C=O) groups is 1. The van der Waals surface area contributed by atoms with Crippen LogP contribution in [0.3, 0.4) is 0 Å². The second-order valence-electron chi connectivity index (χ2n) is 4.79. The van der Waals surface area contributed by atoms with Gasteiger partial charge >= 0.3 is 8.80 Å². The molecular weight excluding hydrogens is 304 g/mol. The molecule has 0 heterocycles. The molecule has 0 amide bonds. The van der Waals surface area contributed by atoms with Crippen LogP contribution in [0.5, 0.6) is 0 Å². The Morgan fingerprint density at radius 1 is 0.905 bits per heavy atom. The number of ketones is 1. The molecule has 0 saturated carbocycles. The van der Waals surface area contributed by atoms with Crippen LogP contribution in [-0.2, 0) is 18.1 Å². The van der Waals surface area contributed by atoms with Crippen LogP contribution in [0.1, 0.15) is 59.8 Å². The predicted molar refractivity (Wildman–Crippen MR) is 91.8 cm³/mol. The van der Waals surface area contributed by atoms with Crippen molar-refractivity contribution in [3.8, 4) is 0 Å². The van der Waals surface area contributed by atoms with E-state index in [2.05, 4.69) is 6.92 Å². The van der Waals surface area contributed by atoms with E-state index in [-0.39, 0.29) is 5.78 Å². The van der Waals surface area contributed by atoms with Crippen LogP contribution in [0, 0.1) is 0 Å². The Labute approximate surface area is 135 Å². The van der Waals surface area contributed by atoms with Crippen molar-refractivity contribution >= 4 is 31.7 Å². The standard InChI is InChI=1S/C15H30O4SSi/c1-5-9-10-11-14(16)15(20)12-13-21(17-6-2,18-7-3)19-8-4/h5-13H2,1-4H3. The maximum Gasteiger partial charge on any atom is 0.501 e. The quantitative estimate of drug-likeness (QED) is 0.273. The summed E-state index contributed by atoms with van der Waals surface area (Å²) in [7, 11) is -2.68. The Bertz CT molecular complexity index is 293. The molecule has 0 spiro atoms. The lowest BCUT2D eigenvalue weighted by Gasteiger charge is -2.28. The van der Waals surface area contributed by atoms with Gasteiger partial charge in [-0.25, -0.2) is 0 Å². The van der Waals surface area contributed by atoms with Gasteiger partial charge in [-0.05, 0) is 33.6 Å². The van der Waals surface area contributed by atoms with Gasteiger partial charge in [0.15, 0.2) is 5.78 Å². The van der Waals surface area contributed by atoms with Crippen LogP contribution in [-0.4, -0.2) is 39.3 Å². The van der Waals surface area contributed by atoms with Gasteiger partial charge in [-0.3, -0.25) is 4.79 Å². The third kappa shape index (κ3) is 8.78. The van der Waals surface area contributed by atoms with Crippen molar-refractivity contribution in [1.29, 1.82) is 0 Å². The van der Waals surface area contributed by atoms with Gasteiger partial charge in [0.1, 0.15) is 0 Å². The number of hydrogen-bond donors (Lipinski definition) is 0. The fraction of sp³-hybridized carbons (Fsp3) is 0.867. The van der Waals surface area contributed by atoms with E-state index >= 15 is 0 Å². The zero-order valence-electron chi connectivity index (χ0n) is 13.9. The Balaban J connectivity index is 4.44. The molecule has 0 unspecified atom stereocenters. The number of rotatable bonds is 14. The summed E-state index contributed by atoms with van der Waals surface area (Å²) in [6.45, 7) is 9.53. The molecule has 0 aliphatic carbocycles. The van der Waals surface area contributed by atoms with E-state index < -0.39 is 8.80 Å². The first kappa shape index (κ1) is 20.9. The van der Waals surface area contributed by atoms with Gasteiger partial charge in [-0.15, -0.1) is 0 Å². The highest BCUT2D eigenvalue weighted by Gasteiger charge is 2.40. The molecule has 0 aromatic heterocycles. The molecule has 0 rings (SSSR count). The van der Waals surface area contributed by atoms with Gasteiger partial charge in [0, 0.05) is 32.3 Å². The van der Waals surface area contributed by atoms with E-state index in [4.69, 9.17) is 25.5 Å². The Morgan fingerprint density at radius 2 is 1.43 bits per heavy atom. The molecule has 0 fully saturated rings. The molecule has 0 aromatic carbocycles. The highest BCUT2D eigenvalue weighted by molar-refractivity contribution is 7.82. The summed E-state index contributed by atoms with van der Waals surface area (Å²) in [5.74, 6) is 0.0887. The highest BCUT2D eigenvalue weighted by Crippen LogP contribution is 2.19. The van der Waals surface area contributed by atoms with Crippen molar-refractivity contribution in [2.45, 2.75) is 65.8 Å².